The summed E-state index contributed by atoms with van der Waals surface area (Å²) in [6.45, 7) is 8.09. The molecule has 0 saturated heterocycles. The zero-order valence-corrected chi connectivity index (χ0v) is 10.7. The molecule has 2 aromatic rings. The minimum atomic E-state index is 0.560. The van der Waals surface area contributed by atoms with E-state index in [4.69, 9.17) is 0 Å². The number of hydrogen-bond acceptors (Lipinski definition) is 4. The zero-order chi connectivity index (χ0) is 12.4. The van der Waals surface area contributed by atoms with Gasteiger partial charge >= 0.3 is 0 Å². The lowest BCUT2D eigenvalue weighted by atomic mass is 10.2. The van der Waals surface area contributed by atoms with Crippen molar-refractivity contribution in [3.05, 3.63) is 28.8 Å². The van der Waals surface area contributed by atoms with Gasteiger partial charge in [-0.3, -0.25) is 0 Å². The first-order valence-corrected chi connectivity index (χ1v) is 5.91. The van der Waals surface area contributed by atoms with E-state index in [1.54, 1.807) is 4.68 Å². The Hall–Kier alpha value is -1.78. The van der Waals surface area contributed by atoms with Gasteiger partial charge < -0.3 is 0 Å². The van der Waals surface area contributed by atoms with E-state index in [2.05, 4.69) is 34.1 Å². The van der Waals surface area contributed by atoms with Gasteiger partial charge in [-0.25, -0.2) is 9.67 Å². The lowest BCUT2D eigenvalue weighted by Gasteiger charge is -2.06. The Morgan fingerprint density at radius 3 is 2.29 bits per heavy atom. The van der Waals surface area contributed by atoms with Gasteiger partial charge in [0, 0.05) is 5.69 Å². The van der Waals surface area contributed by atoms with Crippen LogP contribution < -0.4 is 0 Å². The Balaban J connectivity index is 2.50. The van der Waals surface area contributed by atoms with Crippen LogP contribution in [0, 0.1) is 13.8 Å². The molecule has 0 bridgehead atoms. The molecule has 2 heterocycles. The SMILES string of the molecule is CCc1nnc(-n2nc(C)cc2C)nc1CC. The van der Waals surface area contributed by atoms with Crippen molar-refractivity contribution in [3.63, 3.8) is 0 Å². The van der Waals surface area contributed by atoms with E-state index in [0.717, 1.165) is 35.6 Å². The smallest absolute Gasteiger partial charge is 0.213 e. The molecule has 0 spiro atoms. The third-order valence-electron chi connectivity index (χ3n) is 2.70. The summed E-state index contributed by atoms with van der Waals surface area (Å²) < 4.78 is 1.74. The first-order chi connectivity index (χ1) is 8.15. The van der Waals surface area contributed by atoms with E-state index in [9.17, 15) is 0 Å². The molecular formula is C12H17N5. The number of aryl methyl sites for hydroxylation is 4. The monoisotopic (exact) mass is 231 g/mol. The summed E-state index contributed by atoms with van der Waals surface area (Å²) in [6, 6.07) is 2.00. The fourth-order valence-corrected chi connectivity index (χ4v) is 1.85. The molecule has 2 aromatic heterocycles. The minimum Gasteiger partial charge on any atom is -0.213 e. The molecule has 90 valence electrons. The number of hydrogen-bond donors (Lipinski definition) is 0. The van der Waals surface area contributed by atoms with E-state index in [1.807, 2.05) is 19.9 Å². The summed E-state index contributed by atoms with van der Waals surface area (Å²) in [7, 11) is 0. The van der Waals surface area contributed by atoms with Gasteiger partial charge in [-0.2, -0.15) is 5.10 Å². The standard InChI is InChI=1S/C12H17N5/c1-5-10-11(6-2)14-15-12(13-10)17-9(4)7-8(3)16-17/h7H,5-6H2,1-4H3. The summed E-state index contributed by atoms with van der Waals surface area (Å²) >= 11 is 0. The average Bonchev–Trinajstić information content (AvgIpc) is 2.67. The first-order valence-electron chi connectivity index (χ1n) is 5.91. The highest BCUT2D eigenvalue weighted by atomic mass is 15.4. The molecule has 2 rings (SSSR count). The van der Waals surface area contributed by atoms with E-state index in [0.29, 0.717) is 5.95 Å². The van der Waals surface area contributed by atoms with Gasteiger partial charge in [0.1, 0.15) is 0 Å². The van der Waals surface area contributed by atoms with Crippen molar-refractivity contribution in [2.24, 2.45) is 0 Å². The lowest BCUT2D eigenvalue weighted by Crippen LogP contribution is -2.11. The van der Waals surface area contributed by atoms with Crippen molar-refractivity contribution in [1.29, 1.82) is 0 Å². The average molecular weight is 231 g/mol. The number of nitrogens with zero attached hydrogens (tertiary/aromatic N) is 5. The molecule has 0 fully saturated rings. The highest BCUT2D eigenvalue weighted by Gasteiger charge is 2.10. The van der Waals surface area contributed by atoms with Crippen molar-refractivity contribution >= 4 is 0 Å². The second-order valence-electron chi connectivity index (χ2n) is 4.05. The van der Waals surface area contributed by atoms with Crippen LogP contribution in [-0.4, -0.2) is 25.0 Å². The number of aromatic nitrogens is 5. The highest BCUT2D eigenvalue weighted by Crippen LogP contribution is 2.10. The van der Waals surface area contributed by atoms with Crippen LogP contribution in [0.1, 0.15) is 36.6 Å². The van der Waals surface area contributed by atoms with E-state index >= 15 is 0 Å². The van der Waals surface area contributed by atoms with Crippen LogP contribution in [0.4, 0.5) is 0 Å². The van der Waals surface area contributed by atoms with Crippen LogP contribution in [0.5, 0.6) is 0 Å². The molecule has 5 nitrogen and oxygen atoms in total. The molecule has 0 aliphatic rings. The lowest BCUT2D eigenvalue weighted by molar-refractivity contribution is 0.712. The molecule has 17 heavy (non-hydrogen) atoms. The Bertz CT molecular complexity index is 530. The van der Waals surface area contributed by atoms with Gasteiger partial charge in [0.05, 0.1) is 17.1 Å². The maximum Gasteiger partial charge on any atom is 0.270 e. The van der Waals surface area contributed by atoms with Crippen molar-refractivity contribution in [3.8, 4) is 5.95 Å². The molecular weight excluding hydrogens is 214 g/mol. The molecule has 0 aliphatic carbocycles. The molecule has 0 unspecified atom stereocenters. The fourth-order valence-electron chi connectivity index (χ4n) is 1.85. The third-order valence-corrected chi connectivity index (χ3v) is 2.70. The number of rotatable bonds is 3. The summed E-state index contributed by atoms with van der Waals surface area (Å²) in [6.07, 6.45) is 1.73. The van der Waals surface area contributed by atoms with Gasteiger partial charge in [-0.1, -0.05) is 13.8 Å². The summed E-state index contributed by atoms with van der Waals surface area (Å²) in [5.74, 6) is 0.560. The van der Waals surface area contributed by atoms with Gasteiger partial charge in [-0.05, 0) is 32.8 Å². The molecule has 0 amide bonds. The van der Waals surface area contributed by atoms with Crippen molar-refractivity contribution < 1.29 is 0 Å². The Kier molecular flexibility index (Phi) is 3.17. The van der Waals surface area contributed by atoms with Crippen molar-refractivity contribution in [2.75, 3.05) is 0 Å². The second kappa shape index (κ2) is 4.61. The van der Waals surface area contributed by atoms with Crippen LogP contribution in [0.25, 0.3) is 5.95 Å². The van der Waals surface area contributed by atoms with Crippen LogP contribution in [-0.2, 0) is 12.8 Å². The minimum absolute atomic E-state index is 0.560. The van der Waals surface area contributed by atoms with Crippen LogP contribution >= 0.6 is 0 Å². The maximum absolute atomic E-state index is 4.53. The Labute approximate surface area is 101 Å². The van der Waals surface area contributed by atoms with Crippen molar-refractivity contribution in [1.82, 2.24) is 25.0 Å². The van der Waals surface area contributed by atoms with Gasteiger partial charge in [0.15, 0.2) is 0 Å². The van der Waals surface area contributed by atoms with Crippen molar-refractivity contribution in [2.45, 2.75) is 40.5 Å². The third kappa shape index (κ3) is 2.18. The predicted octanol–water partition coefficient (Wildman–Crippen LogP) is 1.80. The summed E-state index contributed by atoms with van der Waals surface area (Å²) in [4.78, 5) is 4.53. The molecule has 0 aliphatic heterocycles. The fraction of sp³-hybridized carbons (Fsp3) is 0.500. The quantitative estimate of drug-likeness (QED) is 0.808. The normalized spacial score (nSPS) is 10.8. The Morgan fingerprint density at radius 1 is 1.06 bits per heavy atom. The second-order valence-corrected chi connectivity index (χ2v) is 4.05. The van der Waals surface area contributed by atoms with E-state index < -0.39 is 0 Å². The zero-order valence-electron chi connectivity index (χ0n) is 10.7. The Morgan fingerprint density at radius 2 is 1.76 bits per heavy atom. The molecule has 0 radical (unpaired) electrons. The summed E-state index contributed by atoms with van der Waals surface area (Å²) in [5, 5.41) is 12.7. The molecule has 0 saturated carbocycles. The van der Waals surface area contributed by atoms with E-state index in [-0.39, 0.29) is 0 Å². The van der Waals surface area contributed by atoms with E-state index in [1.165, 1.54) is 0 Å². The molecule has 0 N–H and O–H groups in total. The highest BCUT2D eigenvalue weighted by molar-refractivity contribution is 5.20. The van der Waals surface area contributed by atoms with Crippen LogP contribution in [0.15, 0.2) is 6.07 Å². The summed E-state index contributed by atoms with van der Waals surface area (Å²) in [5.41, 5.74) is 3.96. The van der Waals surface area contributed by atoms with Crippen LogP contribution in [0.3, 0.4) is 0 Å². The van der Waals surface area contributed by atoms with Gasteiger partial charge in [-0.15, -0.1) is 10.2 Å². The predicted molar refractivity (Wildman–Crippen MR) is 65.2 cm³/mol. The molecule has 0 atom stereocenters. The molecule has 5 heteroatoms. The topological polar surface area (TPSA) is 56.5 Å². The first kappa shape index (κ1) is 11.7. The van der Waals surface area contributed by atoms with Crippen LogP contribution in [0.2, 0.25) is 0 Å². The largest absolute Gasteiger partial charge is 0.270 e. The van der Waals surface area contributed by atoms with Gasteiger partial charge in [0.2, 0.25) is 0 Å². The maximum atomic E-state index is 4.53. The molecule has 0 aromatic carbocycles. The van der Waals surface area contributed by atoms with Gasteiger partial charge in [0.25, 0.3) is 5.95 Å².